The molecule has 0 aromatic carbocycles. The Balaban J connectivity index is 1.52. The van der Waals surface area contributed by atoms with Gasteiger partial charge in [-0.1, -0.05) is 102 Å². The summed E-state index contributed by atoms with van der Waals surface area (Å²) in [4.78, 5) is 0. The number of allylic oxidation sites excluding steroid dienone is 1. The van der Waals surface area contributed by atoms with Crippen molar-refractivity contribution in [3.05, 3.63) is 12.2 Å². The zero-order valence-corrected chi connectivity index (χ0v) is 16.2. The van der Waals surface area contributed by atoms with Crippen LogP contribution in [-0.2, 0) is 0 Å². The fourth-order valence-electron chi connectivity index (χ4n) is 6.05. The van der Waals surface area contributed by atoms with E-state index in [9.17, 15) is 0 Å². The Labute approximate surface area is 151 Å². The van der Waals surface area contributed by atoms with Crippen LogP contribution in [0.4, 0.5) is 0 Å². The second kappa shape index (κ2) is 10.0. The molecule has 0 aliphatic heterocycles. The van der Waals surface area contributed by atoms with E-state index in [1.54, 1.807) is 5.57 Å². The van der Waals surface area contributed by atoms with Crippen LogP contribution < -0.4 is 0 Å². The molecule has 3 fully saturated rings. The minimum atomic E-state index is 0.875. The van der Waals surface area contributed by atoms with Gasteiger partial charge in [-0.05, 0) is 49.4 Å². The van der Waals surface area contributed by atoms with Crippen LogP contribution in [0.3, 0.4) is 0 Å². The molecule has 0 heteroatoms. The summed E-state index contributed by atoms with van der Waals surface area (Å²) < 4.78 is 0. The molecule has 3 saturated carbocycles. The quantitative estimate of drug-likeness (QED) is 0.414. The molecule has 1 unspecified atom stereocenters. The topological polar surface area (TPSA) is 0 Å². The Morgan fingerprint density at radius 3 is 1.88 bits per heavy atom. The zero-order valence-electron chi connectivity index (χ0n) is 16.2. The standard InChI is InChI=1S/C24H42/c1-20(22-13-7-3-8-14-22)19-24(23-15-9-4-10-16-23)18-17-21-11-5-2-6-12-21/h21-24H,1-19H2. The smallest absolute Gasteiger partial charge is 0.0206 e. The molecule has 0 amide bonds. The van der Waals surface area contributed by atoms with Gasteiger partial charge in [0.2, 0.25) is 0 Å². The van der Waals surface area contributed by atoms with Crippen LogP contribution in [-0.4, -0.2) is 0 Å². The largest absolute Gasteiger partial charge is 0.0996 e. The predicted molar refractivity (Wildman–Crippen MR) is 106 cm³/mol. The van der Waals surface area contributed by atoms with Crippen molar-refractivity contribution >= 4 is 0 Å². The summed E-state index contributed by atoms with van der Waals surface area (Å²) >= 11 is 0. The minimum Gasteiger partial charge on any atom is -0.0996 e. The van der Waals surface area contributed by atoms with Gasteiger partial charge in [0.15, 0.2) is 0 Å². The van der Waals surface area contributed by atoms with Gasteiger partial charge in [-0.3, -0.25) is 0 Å². The lowest BCUT2D eigenvalue weighted by Gasteiger charge is -2.34. The van der Waals surface area contributed by atoms with E-state index in [2.05, 4.69) is 6.58 Å². The average Bonchev–Trinajstić information content (AvgIpc) is 2.67. The predicted octanol–water partition coefficient (Wildman–Crippen LogP) is 8.07. The van der Waals surface area contributed by atoms with E-state index in [1.165, 1.54) is 116 Å². The van der Waals surface area contributed by atoms with E-state index in [0.717, 1.165) is 23.7 Å². The highest BCUT2D eigenvalue weighted by Gasteiger charge is 2.27. The minimum absolute atomic E-state index is 0.875. The Kier molecular flexibility index (Phi) is 7.74. The first kappa shape index (κ1) is 18.5. The van der Waals surface area contributed by atoms with Crippen LogP contribution in [0.1, 0.15) is 116 Å². The monoisotopic (exact) mass is 330 g/mol. The van der Waals surface area contributed by atoms with E-state index < -0.39 is 0 Å². The zero-order chi connectivity index (χ0) is 16.6. The summed E-state index contributed by atoms with van der Waals surface area (Å²) in [5.74, 6) is 3.94. The molecule has 3 rings (SSSR count). The van der Waals surface area contributed by atoms with E-state index in [4.69, 9.17) is 0 Å². The Hall–Kier alpha value is -0.260. The molecule has 0 aromatic rings. The SMILES string of the molecule is C=C(CC(CCC1CCCCC1)C1CCCCC1)C1CCCCC1. The second-order valence-corrected chi connectivity index (χ2v) is 9.44. The summed E-state index contributed by atoms with van der Waals surface area (Å²) in [5.41, 5.74) is 1.65. The van der Waals surface area contributed by atoms with Crippen molar-refractivity contribution in [2.24, 2.45) is 23.7 Å². The first-order chi connectivity index (χ1) is 11.8. The maximum atomic E-state index is 4.61. The van der Waals surface area contributed by atoms with E-state index in [0.29, 0.717) is 0 Å². The normalized spacial score (nSPS) is 26.3. The van der Waals surface area contributed by atoms with Crippen LogP contribution in [0, 0.1) is 23.7 Å². The third kappa shape index (κ3) is 5.63. The van der Waals surface area contributed by atoms with Crippen molar-refractivity contribution < 1.29 is 0 Å². The summed E-state index contributed by atoms with van der Waals surface area (Å²) in [6, 6.07) is 0. The molecule has 0 bridgehead atoms. The molecule has 3 aliphatic carbocycles. The molecule has 0 radical (unpaired) electrons. The summed E-state index contributed by atoms with van der Waals surface area (Å²) in [7, 11) is 0. The molecule has 1 atom stereocenters. The van der Waals surface area contributed by atoms with Crippen LogP contribution in [0.5, 0.6) is 0 Å². The van der Waals surface area contributed by atoms with E-state index in [1.807, 2.05) is 0 Å². The lowest BCUT2D eigenvalue weighted by Crippen LogP contribution is -2.22. The lowest BCUT2D eigenvalue weighted by atomic mass is 9.71. The van der Waals surface area contributed by atoms with Crippen LogP contribution >= 0.6 is 0 Å². The van der Waals surface area contributed by atoms with Crippen molar-refractivity contribution in [2.45, 2.75) is 116 Å². The molecule has 3 aliphatic rings. The van der Waals surface area contributed by atoms with Crippen molar-refractivity contribution in [3.8, 4) is 0 Å². The van der Waals surface area contributed by atoms with Gasteiger partial charge in [0.05, 0.1) is 0 Å². The van der Waals surface area contributed by atoms with Crippen molar-refractivity contribution in [1.82, 2.24) is 0 Å². The second-order valence-electron chi connectivity index (χ2n) is 9.44. The molecule has 138 valence electrons. The third-order valence-electron chi connectivity index (χ3n) is 7.69. The highest BCUT2D eigenvalue weighted by Crippen LogP contribution is 2.41. The summed E-state index contributed by atoms with van der Waals surface area (Å²) in [6.07, 6.45) is 26.8. The van der Waals surface area contributed by atoms with Crippen molar-refractivity contribution in [3.63, 3.8) is 0 Å². The molecular weight excluding hydrogens is 288 g/mol. The highest BCUT2D eigenvalue weighted by atomic mass is 14.3. The maximum absolute atomic E-state index is 4.61. The molecule has 24 heavy (non-hydrogen) atoms. The molecule has 0 N–H and O–H groups in total. The fraction of sp³-hybridized carbons (Fsp3) is 0.917. The van der Waals surface area contributed by atoms with Gasteiger partial charge in [0, 0.05) is 0 Å². The maximum Gasteiger partial charge on any atom is -0.0206 e. The van der Waals surface area contributed by atoms with Crippen molar-refractivity contribution in [1.29, 1.82) is 0 Å². The molecule has 0 aromatic heterocycles. The van der Waals surface area contributed by atoms with Crippen molar-refractivity contribution in [2.75, 3.05) is 0 Å². The summed E-state index contributed by atoms with van der Waals surface area (Å²) in [6.45, 7) is 4.61. The Morgan fingerprint density at radius 2 is 1.25 bits per heavy atom. The first-order valence-corrected chi connectivity index (χ1v) is 11.5. The van der Waals surface area contributed by atoms with Gasteiger partial charge in [-0.2, -0.15) is 0 Å². The fourth-order valence-corrected chi connectivity index (χ4v) is 6.05. The number of hydrogen-bond donors (Lipinski definition) is 0. The molecule has 0 spiro atoms. The van der Waals surface area contributed by atoms with Gasteiger partial charge in [0.25, 0.3) is 0 Å². The molecular formula is C24H42. The van der Waals surface area contributed by atoms with Gasteiger partial charge in [-0.25, -0.2) is 0 Å². The van der Waals surface area contributed by atoms with Crippen LogP contribution in [0.15, 0.2) is 12.2 Å². The highest BCUT2D eigenvalue weighted by molar-refractivity contribution is 5.04. The Morgan fingerprint density at radius 1 is 0.708 bits per heavy atom. The van der Waals surface area contributed by atoms with Gasteiger partial charge in [0.1, 0.15) is 0 Å². The molecule has 0 heterocycles. The Bertz CT molecular complexity index is 350. The van der Waals surface area contributed by atoms with Gasteiger partial charge >= 0.3 is 0 Å². The van der Waals surface area contributed by atoms with E-state index >= 15 is 0 Å². The number of rotatable bonds is 7. The van der Waals surface area contributed by atoms with Crippen LogP contribution in [0.2, 0.25) is 0 Å². The average molecular weight is 331 g/mol. The lowest BCUT2D eigenvalue weighted by molar-refractivity contribution is 0.205. The third-order valence-corrected chi connectivity index (χ3v) is 7.69. The molecule has 0 saturated heterocycles. The first-order valence-electron chi connectivity index (χ1n) is 11.5. The van der Waals surface area contributed by atoms with Crippen LogP contribution in [0.25, 0.3) is 0 Å². The van der Waals surface area contributed by atoms with Gasteiger partial charge < -0.3 is 0 Å². The molecule has 0 nitrogen and oxygen atoms in total. The number of hydrogen-bond acceptors (Lipinski definition) is 0. The van der Waals surface area contributed by atoms with Gasteiger partial charge in [-0.15, -0.1) is 0 Å². The van der Waals surface area contributed by atoms with E-state index in [-0.39, 0.29) is 0 Å². The summed E-state index contributed by atoms with van der Waals surface area (Å²) in [5, 5.41) is 0.